The van der Waals surface area contributed by atoms with Gasteiger partial charge in [0.1, 0.15) is 0 Å². The molecule has 20 heavy (non-hydrogen) atoms. The summed E-state index contributed by atoms with van der Waals surface area (Å²) in [5, 5.41) is 1.92. The summed E-state index contributed by atoms with van der Waals surface area (Å²) in [5.41, 5.74) is 0. The molecule has 0 fully saturated rings. The van der Waals surface area contributed by atoms with E-state index < -0.39 is 10.0 Å². The number of fused-ring (bicyclic) bond motifs is 1. The highest BCUT2D eigenvalue weighted by Gasteiger charge is 2.22. The molecule has 1 aliphatic rings. The molecule has 0 saturated heterocycles. The normalized spacial score (nSPS) is 15.2. The monoisotopic (exact) mass is 311 g/mol. The van der Waals surface area contributed by atoms with Gasteiger partial charge >= 0.3 is 0 Å². The SMILES string of the molecule is CC(NS(=O)(=O)c1ccc2c(c1)OCO2)c1cccs1. The van der Waals surface area contributed by atoms with Gasteiger partial charge in [-0.1, -0.05) is 6.07 Å². The van der Waals surface area contributed by atoms with E-state index in [-0.39, 0.29) is 17.7 Å². The highest BCUT2D eigenvalue weighted by atomic mass is 32.2. The van der Waals surface area contributed by atoms with Crippen molar-refractivity contribution in [3.8, 4) is 11.5 Å². The van der Waals surface area contributed by atoms with E-state index in [1.54, 1.807) is 6.07 Å². The van der Waals surface area contributed by atoms with Gasteiger partial charge in [-0.05, 0) is 30.5 Å². The molecule has 1 atom stereocenters. The summed E-state index contributed by atoms with van der Waals surface area (Å²) in [7, 11) is -3.59. The van der Waals surface area contributed by atoms with Crippen LogP contribution in [0.5, 0.6) is 11.5 Å². The topological polar surface area (TPSA) is 64.6 Å². The van der Waals surface area contributed by atoms with Crippen molar-refractivity contribution in [3.63, 3.8) is 0 Å². The summed E-state index contributed by atoms with van der Waals surface area (Å²) in [4.78, 5) is 1.14. The second-order valence-corrected chi connectivity index (χ2v) is 7.07. The lowest BCUT2D eigenvalue weighted by Gasteiger charge is -2.13. The van der Waals surface area contributed by atoms with Gasteiger partial charge in [0, 0.05) is 10.9 Å². The minimum atomic E-state index is -3.59. The minimum Gasteiger partial charge on any atom is -0.454 e. The molecular weight excluding hydrogens is 298 g/mol. The molecule has 0 amide bonds. The molecular formula is C13H13NO4S2. The number of ether oxygens (including phenoxy) is 2. The van der Waals surface area contributed by atoms with Gasteiger partial charge in [-0.2, -0.15) is 0 Å². The van der Waals surface area contributed by atoms with Crippen molar-refractivity contribution in [3.05, 3.63) is 40.6 Å². The average molecular weight is 311 g/mol. The number of nitrogens with one attached hydrogen (secondary N) is 1. The highest BCUT2D eigenvalue weighted by Crippen LogP contribution is 2.34. The van der Waals surface area contributed by atoms with Crippen LogP contribution in [0.4, 0.5) is 0 Å². The first-order valence-corrected chi connectivity index (χ1v) is 8.38. The maximum absolute atomic E-state index is 12.3. The molecule has 106 valence electrons. The maximum Gasteiger partial charge on any atom is 0.241 e. The van der Waals surface area contributed by atoms with Crippen molar-refractivity contribution in [2.45, 2.75) is 17.9 Å². The van der Waals surface area contributed by atoms with Gasteiger partial charge in [-0.3, -0.25) is 0 Å². The van der Waals surface area contributed by atoms with Gasteiger partial charge in [-0.25, -0.2) is 13.1 Å². The van der Waals surface area contributed by atoms with Crippen molar-refractivity contribution in [1.29, 1.82) is 0 Å². The molecule has 0 saturated carbocycles. The molecule has 2 heterocycles. The molecule has 1 unspecified atom stereocenters. The maximum atomic E-state index is 12.3. The lowest BCUT2D eigenvalue weighted by atomic mass is 10.3. The zero-order valence-electron chi connectivity index (χ0n) is 10.7. The molecule has 0 aliphatic carbocycles. The Labute approximate surface area is 121 Å². The highest BCUT2D eigenvalue weighted by molar-refractivity contribution is 7.89. The summed E-state index contributed by atoms with van der Waals surface area (Å²) < 4.78 is 37.7. The Balaban J connectivity index is 1.85. The largest absolute Gasteiger partial charge is 0.454 e. The van der Waals surface area contributed by atoms with Crippen LogP contribution in [0.15, 0.2) is 40.6 Å². The third-order valence-corrected chi connectivity index (χ3v) is 5.55. The van der Waals surface area contributed by atoms with E-state index in [9.17, 15) is 8.42 Å². The van der Waals surface area contributed by atoms with Crippen LogP contribution < -0.4 is 14.2 Å². The van der Waals surface area contributed by atoms with Crippen molar-refractivity contribution < 1.29 is 17.9 Å². The molecule has 0 radical (unpaired) electrons. The van der Waals surface area contributed by atoms with Crippen LogP contribution in [-0.2, 0) is 10.0 Å². The molecule has 2 aromatic rings. The Morgan fingerprint density at radius 3 is 2.80 bits per heavy atom. The van der Waals surface area contributed by atoms with E-state index in [1.165, 1.54) is 23.5 Å². The van der Waals surface area contributed by atoms with E-state index in [4.69, 9.17) is 9.47 Å². The lowest BCUT2D eigenvalue weighted by Crippen LogP contribution is -2.26. The number of benzene rings is 1. The van der Waals surface area contributed by atoms with E-state index in [1.807, 2.05) is 24.4 Å². The van der Waals surface area contributed by atoms with Crippen LogP contribution >= 0.6 is 11.3 Å². The Bertz CT molecular complexity index is 710. The zero-order chi connectivity index (χ0) is 14.2. The third kappa shape index (κ3) is 2.52. The molecule has 1 aromatic carbocycles. The first-order valence-electron chi connectivity index (χ1n) is 6.02. The van der Waals surface area contributed by atoms with Crippen LogP contribution in [0.3, 0.4) is 0 Å². The molecule has 1 aliphatic heterocycles. The Morgan fingerprint density at radius 1 is 1.25 bits per heavy atom. The summed E-state index contributed by atoms with van der Waals surface area (Å²) in [5.74, 6) is 1.02. The van der Waals surface area contributed by atoms with E-state index in [2.05, 4.69) is 4.72 Å². The summed E-state index contributed by atoms with van der Waals surface area (Å²) in [6, 6.07) is 8.11. The first-order chi connectivity index (χ1) is 9.56. The van der Waals surface area contributed by atoms with Crippen molar-refractivity contribution in [2.75, 3.05) is 6.79 Å². The second-order valence-electron chi connectivity index (χ2n) is 4.37. The van der Waals surface area contributed by atoms with E-state index in [0.29, 0.717) is 11.5 Å². The molecule has 7 heteroatoms. The van der Waals surface area contributed by atoms with Gasteiger partial charge in [-0.15, -0.1) is 11.3 Å². The van der Waals surface area contributed by atoms with Gasteiger partial charge in [0.2, 0.25) is 16.8 Å². The first kappa shape index (κ1) is 13.4. The summed E-state index contributed by atoms with van der Waals surface area (Å²) in [6.45, 7) is 1.94. The number of hydrogen-bond donors (Lipinski definition) is 1. The van der Waals surface area contributed by atoms with Crippen LogP contribution in [-0.4, -0.2) is 15.2 Å². The summed E-state index contributed by atoms with van der Waals surface area (Å²) >= 11 is 1.52. The fourth-order valence-corrected chi connectivity index (χ4v) is 3.99. The minimum absolute atomic E-state index is 0.123. The molecule has 1 aromatic heterocycles. The van der Waals surface area contributed by atoms with Gasteiger partial charge < -0.3 is 9.47 Å². The number of sulfonamides is 1. The fourth-order valence-electron chi connectivity index (χ4n) is 1.94. The summed E-state index contributed by atoms with van der Waals surface area (Å²) in [6.07, 6.45) is 0. The zero-order valence-corrected chi connectivity index (χ0v) is 12.3. The lowest BCUT2D eigenvalue weighted by molar-refractivity contribution is 0.174. The van der Waals surface area contributed by atoms with Crippen LogP contribution in [0, 0.1) is 0 Å². The Kier molecular flexibility index (Phi) is 3.41. The second kappa shape index (κ2) is 5.08. The molecule has 5 nitrogen and oxygen atoms in total. The van der Waals surface area contributed by atoms with Crippen molar-refractivity contribution in [2.24, 2.45) is 0 Å². The van der Waals surface area contributed by atoms with Crippen LogP contribution in [0.2, 0.25) is 0 Å². The van der Waals surface area contributed by atoms with Gasteiger partial charge in [0.25, 0.3) is 0 Å². The Morgan fingerprint density at radius 2 is 2.05 bits per heavy atom. The molecule has 3 rings (SSSR count). The van der Waals surface area contributed by atoms with E-state index in [0.717, 1.165) is 4.88 Å². The predicted molar refractivity (Wildman–Crippen MR) is 75.6 cm³/mol. The van der Waals surface area contributed by atoms with Crippen LogP contribution in [0.1, 0.15) is 17.8 Å². The Hall–Kier alpha value is -1.57. The van der Waals surface area contributed by atoms with Crippen molar-refractivity contribution >= 4 is 21.4 Å². The quantitative estimate of drug-likeness (QED) is 0.942. The van der Waals surface area contributed by atoms with Gasteiger partial charge in [0.05, 0.1) is 10.9 Å². The predicted octanol–water partition coefficient (Wildman–Crippen LogP) is 2.52. The molecule has 1 N–H and O–H groups in total. The number of hydrogen-bond acceptors (Lipinski definition) is 5. The van der Waals surface area contributed by atoms with Gasteiger partial charge in [0.15, 0.2) is 11.5 Å². The van der Waals surface area contributed by atoms with E-state index >= 15 is 0 Å². The molecule has 0 spiro atoms. The van der Waals surface area contributed by atoms with Crippen LogP contribution in [0.25, 0.3) is 0 Å². The fraction of sp³-hybridized carbons (Fsp3) is 0.231. The number of thiophene rings is 1. The number of rotatable bonds is 4. The average Bonchev–Trinajstić information content (AvgIpc) is 3.08. The smallest absolute Gasteiger partial charge is 0.241 e. The standard InChI is InChI=1S/C13H13NO4S2/c1-9(13-3-2-6-19-13)14-20(15,16)10-4-5-11-12(7-10)18-8-17-11/h2-7,9,14H,8H2,1H3. The van der Waals surface area contributed by atoms with Crippen molar-refractivity contribution in [1.82, 2.24) is 4.72 Å². The molecule has 0 bridgehead atoms. The third-order valence-electron chi connectivity index (χ3n) is 2.96.